The average Bonchev–Trinajstić information content (AvgIpc) is 2.22. The lowest BCUT2D eigenvalue weighted by Gasteiger charge is -2.03. The van der Waals surface area contributed by atoms with E-state index in [0.29, 0.717) is 11.1 Å². The van der Waals surface area contributed by atoms with Crippen LogP contribution in [0.25, 0.3) is 11.1 Å². The van der Waals surface area contributed by atoms with Gasteiger partial charge in [-0.25, -0.2) is 9.37 Å². The number of nitrogen functional groups attached to an aromatic ring is 1. The van der Waals surface area contributed by atoms with Crippen molar-refractivity contribution in [2.75, 3.05) is 5.73 Å². The van der Waals surface area contributed by atoms with Crippen molar-refractivity contribution < 1.29 is 9.50 Å². The van der Waals surface area contributed by atoms with Crippen LogP contribution in [0.1, 0.15) is 0 Å². The number of nitrogens with zero attached hydrogens (tertiary/aromatic N) is 1. The zero-order chi connectivity index (χ0) is 10.8. The Hall–Kier alpha value is -2.10. The monoisotopic (exact) mass is 204 g/mol. The Bertz CT molecular complexity index is 500. The number of nitrogens with two attached hydrogens (primary N) is 1. The lowest BCUT2D eigenvalue weighted by atomic mass is 10.1. The molecule has 0 unspecified atom stereocenters. The number of anilines is 1. The Balaban J connectivity index is 2.50. The molecule has 0 saturated carbocycles. The van der Waals surface area contributed by atoms with Gasteiger partial charge in [-0.2, -0.15) is 0 Å². The normalized spacial score (nSPS) is 10.2. The summed E-state index contributed by atoms with van der Waals surface area (Å²) in [5, 5.41) is 9.35. The summed E-state index contributed by atoms with van der Waals surface area (Å²) in [4.78, 5) is 3.79. The summed E-state index contributed by atoms with van der Waals surface area (Å²) in [7, 11) is 0. The Labute approximate surface area is 86.0 Å². The predicted octanol–water partition coefficient (Wildman–Crippen LogP) is 2.18. The molecule has 2 aromatic rings. The van der Waals surface area contributed by atoms with Crippen LogP contribution >= 0.6 is 0 Å². The molecule has 1 aromatic carbocycles. The van der Waals surface area contributed by atoms with E-state index in [1.807, 2.05) is 0 Å². The minimum absolute atomic E-state index is 0.0650. The van der Waals surface area contributed by atoms with E-state index in [0.717, 1.165) is 0 Å². The van der Waals surface area contributed by atoms with Gasteiger partial charge in [0.2, 0.25) is 0 Å². The molecule has 3 N–H and O–H groups in total. The Kier molecular flexibility index (Phi) is 2.25. The third kappa shape index (κ3) is 1.88. The van der Waals surface area contributed by atoms with Crippen molar-refractivity contribution in [3.8, 4) is 16.9 Å². The second-order valence-corrected chi connectivity index (χ2v) is 3.14. The third-order valence-electron chi connectivity index (χ3n) is 2.06. The Morgan fingerprint density at radius 1 is 1.20 bits per heavy atom. The summed E-state index contributed by atoms with van der Waals surface area (Å²) in [6.45, 7) is 0. The molecule has 0 amide bonds. The molecule has 0 bridgehead atoms. The van der Waals surface area contributed by atoms with Crippen LogP contribution in [-0.4, -0.2) is 10.1 Å². The zero-order valence-corrected chi connectivity index (χ0v) is 7.81. The first-order valence-corrected chi connectivity index (χ1v) is 4.37. The van der Waals surface area contributed by atoms with Gasteiger partial charge in [-0.1, -0.05) is 12.1 Å². The lowest BCUT2D eigenvalue weighted by Crippen LogP contribution is -1.90. The second kappa shape index (κ2) is 3.57. The van der Waals surface area contributed by atoms with Crippen LogP contribution < -0.4 is 5.73 Å². The molecular weight excluding hydrogens is 195 g/mol. The van der Waals surface area contributed by atoms with Crippen LogP contribution in [0.4, 0.5) is 10.2 Å². The molecule has 0 saturated heterocycles. The molecule has 76 valence electrons. The zero-order valence-electron chi connectivity index (χ0n) is 7.81. The van der Waals surface area contributed by atoms with Gasteiger partial charge in [0.1, 0.15) is 5.82 Å². The number of halogens is 1. The van der Waals surface area contributed by atoms with Crippen molar-refractivity contribution >= 4 is 5.82 Å². The molecule has 1 aromatic heterocycles. The van der Waals surface area contributed by atoms with Crippen LogP contribution in [0.3, 0.4) is 0 Å². The highest BCUT2D eigenvalue weighted by Crippen LogP contribution is 2.25. The van der Waals surface area contributed by atoms with Gasteiger partial charge in [0.25, 0.3) is 0 Å². The molecule has 0 aliphatic heterocycles. The fraction of sp³-hybridized carbons (Fsp3) is 0. The van der Waals surface area contributed by atoms with Gasteiger partial charge in [-0.15, -0.1) is 0 Å². The third-order valence-corrected chi connectivity index (χ3v) is 2.06. The molecule has 0 spiro atoms. The molecular formula is C11H9FN2O. The Morgan fingerprint density at radius 2 is 2.00 bits per heavy atom. The van der Waals surface area contributed by atoms with Crippen LogP contribution in [0.5, 0.6) is 5.75 Å². The van der Waals surface area contributed by atoms with Crippen molar-refractivity contribution in [2.45, 2.75) is 0 Å². The molecule has 0 aliphatic carbocycles. The maximum atomic E-state index is 12.9. The van der Waals surface area contributed by atoms with Gasteiger partial charge in [-0.05, 0) is 23.8 Å². The molecule has 4 heteroatoms. The highest BCUT2D eigenvalue weighted by atomic mass is 19.1. The molecule has 2 rings (SSSR count). The van der Waals surface area contributed by atoms with Crippen molar-refractivity contribution in [2.24, 2.45) is 0 Å². The minimum atomic E-state index is -0.330. The fourth-order valence-electron chi connectivity index (χ4n) is 1.29. The van der Waals surface area contributed by atoms with Gasteiger partial charge < -0.3 is 10.8 Å². The number of hydrogen-bond donors (Lipinski definition) is 2. The predicted molar refractivity (Wildman–Crippen MR) is 55.7 cm³/mol. The number of hydrogen-bond acceptors (Lipinski definition) is 3. The summed E-state index contributed by atoms with van der Waals surface area (Å²) in [6.07, 6.45) is 1.49. The molecule has 15 heavy (non-hydrogen) atoms. The molecule has 0 atom stereocenters. The number of aromatic hydroxyl groups is 1. The van der Waals surface area contributed by atoms with Crippen LogP contribution in [-0.2, 0) is 0 Å². The first-order chi connectivity index (χ1) is 7.16. The van der Waals surface area contributed by atoms with Gasteiger partial charge in [-0.3, -0.25) is 0 Å². The summed E-state index contributed by atoms with van der Waals surface area (Å²) in [5.41, 5.74) is 6.64. The van der Waals surface area contributed by atoms with E-state index in [2.05, 4.69) is 4.98 Å². The molecule has 0 fully saturated rings. The van der Waals surface area contributed by atoms with Gasteiger partial charge >= 0.3 is 0 Å². The lowest BCUT2D eigenvalue weighted by molar-refractivity contribution is 0.476. The highest BCUT2D eigenvalue weighted by Gasteiger charge is 2.03. The summed E-state index contributed by atoms with van der Waals surface area (Å²) in [5.74, 6) is -0.365. The number of benzene rings is 1. The van der Waals surface area contributed by atoms with E-state index in [9.17, 15) is 9.50 Å². The largest absolute Gasteiger partial charge is 0.504 e. The number of pyridine rings is 1. The quantitative estimate of drug-likeness (QED) is 0.748. The van der Waals surface area contributed by atoms with E-state index >= 15 is 0 Å². The van der Waals surface area contributed by atoms with Gasteiger partial charge in [0.05, 0.1) is 0 Å². The van der Waals surface area contributed by atoms with Crippen molar-refractivity contribution in [3.63, 3.8) is 0 Å². The highest BCUT2D eigenvalue weighted by molar-refractivity contribution is 5.66. The molecule has 3 nitrogen and oxygen atoms in total. The molecule has 0 aliphatic rings. The van der Waals surface area contributed by atoms with Crippen molar-refractivity contribution in [1.82, 2.24) is 4.98 Å². The maximum Gasteiger partial charge on any atom is 0.165 e. The number of rotatable bonds is 1. The van der Waals surface area contributed by atoms with E-state index in [1.165, 1.54) is 24.4 Å². The van der Waals surface area contributed by atoms with Crippen LogP contribution in [0, 0.1) is 5.82 Å². The SMILES string of the molecule is Nc1ncc(-c2cccc(F)c2)cc1O. The van der Waals surface area contributed by atoms with Gasteiger partial charge in [0, 0.05) is 11.8 Å². The standard InChI is InChI=1S/C11H9FN2O/c12-9-3-1-2-7(4-9)8-5-10(15)11(13)14-6-8/h1-6,15H,(H2,13,14). The van der Waals surface area contributed by atoms with E-state index in [1.54, 1.807) is 12.1 Å². The van der Waals surface area contributed by atoms with E-state index < -0.39 is 0 Å². The molecule has 1 heterocycles. The fourth-order valence-corrected chi connectivity index (χ4v) is 1.29. The maximum absolute atomic E-state index is 12.9. The van der Waals surface area contributed by atoms with E-state index in [4.69, 9.17) is 5.73 Å². The molecule has 0 radical (unpaired) electrons. The minimum Gasteiger partial charge on any atom is -0.504 e. The smallest absolute Gasteiger partial charge is 0.165 e. The van der Waals surface area contributed by atoms with E-state index in [-0.39, 0.29) is 17.4 Å². The first-order valence-electron chi connectivity index (χ1n) is 4.37. The second-order valence-electron chi connectivity index (χ2n) is 3.14. The summed E-state index contributed by atoms with van der Waals surface area (Å²) < 4.78 is 12.9. The summed E-state index contributed by atoms with van der Waals surface area (Å²) in [6, 6.07) is 7.51. The van der Waals surface area contributed by atoms with Crippen LogP contribution in [0.15, 0.2) is 36.5 Å². The van der Waals surface area contributed by atoms with Crippen LogP contribution in [0.2, 0.25) is 0 Å². The number of aromatic nitrogens is 1. The van der Waals surface area contributed by atoms with Crippen molar-refractivity contribution in [3.05, 3.63) is 42.3 Å². The average molecular weight is 204 g/mol. The first kappa shape index (κ1) is 9.45. The topological polar surface area (TPSA) is 59.1 Å². The van der Waals surface area contributed by atoms with Crippen molar-refractivity contribution in [1.29, 1.82) is 0 Å². The Morgan fingerprint density at radius 3 is 2.67 bits per heavy atom. The summed E-state index contributed by atoms with van der Waals surface area (Å²) >= 11 is 0. The van der Waals surface area contributed by atoms with Gasteiger partial charge in [0.15, 0.2) is 11.6 Å².